The van der Waals surface area contributed by atoms with Crippen molar-refractivity contribution in [3.63, 3.8) is 0 Å². The van der Waals surface area contributed by atoms with Gasteiger partial charge in [-0.05, 0) is 68.2 Å². The molecule has 6 heteroatoms. The molecule has 0 saturated heterocycles. The van der Waals surface area contributed by atoms with Crippen LogP contribution in [0.1, 0.15) is 38.2 Å². The zero-order chi connectivity index (χ0) is 17.1. The predicted molar refractivity (Wildman–Crippen MR) is 94.7 cm³/mol. The van der Waals surface area contributed by atoms with Crippen molar-refractivity contribution in [3.8, 4) is 0 Å². The summed E-state index contributed by atoms with van der Waals surface area (Å²) < 4.78 is 0. The average Bonchev–Trinajstić information content (AvgIpc) is 3.18. The number of nitrogens with two attached hydrogens (primary N) is 1. The summed E-state index contributed by atoms with van der Waals surface area (Å²) in [6, 6.07) is 7.14. The van der Waals surface area contributed by atoms with Crippen molar-refractivity contribution in [3.05, 3.63) is 34.9 Å². The number of carbonyl (C=O) groups excluding carboxylic acids is 1. The number of benzene rings is 1. The van der Waals surface area contributed by atoms with E-state index in [1.54, 1.807) is 24.3 Å². The first-order valence-electron chi connectivity index (χ1n) is 8.53. The second kappa shape index (κ2) is 7.43. The molecule has 0 radical (unpaired) electrons. The van der Waals surface area contributed by atoms with Gasteiger partial charge in [0, 0.05) is 16.6 Å². The zero-order valence-electron chi connectivity index (χ0n) is 13.9. The Morgan fingerprint density at radius 1 is 1.38 bits per heavy atom. The van der Waals surface area contributed by atoms with Crippen LogP contribution in [0.25, 0.3) is 0 Å². The highest BCUT2D eigenvalue weighted by molar-refractivity contribution is 6.30. The molecule has 1 aromatic rings. The molecule has 3 N–H and O–H groups in total. The Morgan fingerprint density at radius 3 is 2.75 bits per heavy atom. The van der Waals surface area contributed by atoms with E-state index in [0.29, 0.717) is 16.5 Å². The normalized spacial score (nSPS) is 27.1. The molecule has 0 heterocycles. The number of rotatable bonds is 6. The van der Waals surface area contributed by atoms with Gasteiger partial charge in [0.25, 0.3) is 5.91 Å². The van der Waals surface area contributed by atoms with E-state index in [9.17, 15) is 4.79 Å². The Labute approximate surface area is 147 Å². The van der Waals surface area contributed by atoms with Crippen LogP contribution in [0.4, 0.5) is 0 Å². The molecule has 2 bridgehead atoms. The van der Waals surface area contributed by atoms with Gasteiger partial charge in [0.2, 0.25) is 0 Å². The number of oxime groups is 1. The van der Waals surface area contributed by atoms with Crippen molar-refractivity contribution >= 4 is 23.3 Å². The molecule has 2 aliphatic rings. The lowest BCUT2D eigenvalue weighted by Crippen LogP contribution is -2.41. The third kappa shape index (κ3) is 4.01. The lowest BCUT2D eigenvalue weighted by atomic mass is 9.84. The summed E-state index contributed by atoms with van der Waals surface area (Å²) in [7, 11) is 0. The van der Waals surface area contributed by atoms with Gasteiger partial charge in [-0.2, -0.15) is 0 Å². The van der Waals surface area contributed by atoms with Crippen LogP contribution < -0.4 is 11.1 Å². The first-order chi connectivity index (χ1) is 11.5. The van der Waals surface area contributed by atoms with E-state index in [4.69, 9.17) is 22.2 Å². The highest BCUT2D eigenvalue weighted by Crippen LogP contribution is 2.49. The molecular formula is C18H24ClN3O2. The smallest absolute Gasteiger partial charge is 0.260 e. The third-order valence-electron chi connectivity index (χ3n) is 5.32. The maximum atomic E-state index is 12.0. The third-order valence-corrected chi connectivity index (χ3v) is 5.57. The number of amides is 1. The fraction of sp³-hybridized carbons (Fsp3) is 0.556. The minimum atomic E-state index is -0.155. The molecule has 0 unspecified atom stereocenters. The van der Waals surface area contributed by atoms with Gasteiger partial charge in [-0.25, -0.2) is 0 Å². The van der Waals surface area contributed by atoms with Gasteiger partial charge in [-0.1, -0.05) is 23.2 Å². The van der Waals surface area contributed by atoms with Crippen LogP contribution in [0, 0.1) is 17.8 Å². The van der Waals surface area contributed by atoms with Crippen molar-refractivity contribution < 1.29 is 9.63 Å². The number of nitrogens with one attached hydrogen (secondary N) is 1. The standard InChI is InChI=1S/C18H24ClN3O2/c1-11(16-9-12-2-3-14(16)8-12)21-17(23)10-24-22-18(20)13-4-6-15(19)7-5-13/h4-7,11-12,14,16H,2-3,8-10H2,1H3,(H2,20,22)(H,21,23)/t11-,12-,14-,16-/m0/s1. The Balaban J connectivity index is 1.43. The van der Waals surface area contributed by atoms with Crippen LogP contribution in [0.3, 0.4) is 0 Å². The molecule has 2 saturated carbocycles. The Morgan fingerprint density at radius 2 is 2.12 bits per heavy atom. The molecule has 2 fully saturated rings. The van der Waals surface area contributed by atoms with Crippen molar-refractivity contribution in [2.24, 2.45) is 28.6 Å². The number of nitrogens with zero attached hydrogens (tertiary/aromatic N) is 1. The molecule has 1 amide bonds. The predicted octanol–water partition coefficient (Wildman–Crippen LogP) is 2.92. The van der Waals surface area contributed by atoms with E-state index in [0.717, 1.165) is 11.8 Å². The van der Waals surface area contributed by atoms with Gasteiger partial charge in [-0.3, -0.25) is 4.79 Å². The number of carbonyl (C=O) groups is 1. The van der Waals surface area contributed by atoms with E-state index in [1.165, 1.54) is 25.7 Å². The van der Waals surface area contributed by atoms with Gasteiger partial charge in [-0.15, -0.1) is 0 Å². The largest absolute Gasteiger partial charge is 0.384 e. The van der Waals surface area contributed by atoms with Crippen LogP contribution in [0.15, 0.2) is 29.4 Å². The zero-order valence-corrected chi connectivity index (χ0v) is 14.6. The molecule has 130 valence electrons. The average molecular weight is 350 g/mol. The molecule has 1 aromatic carbocycles. The van der Waals surface area contributed by atoms with Gasteiger partial charge in [0.1, 0.15) is 0 Å². The summed E-state index contributed by atoms with van der Waals surface area (Å²) in [4.78, 5) is 17.1. The van der Waals surface area contributed by atoms with E-state index in [2.05, 4.69) is 17.4 Å². The minimum absolute atomic E-state index is 0.126. The van der Waals surface area contributed by atoms with Crippen LogP contribution in [-0.2, 0) is 9.63 Å². The lowest BCUT2D eigenvalue weighted by Gasteiger charge is -2.28. The van der Waals surface area contributed by atoms with E-state index >= 15 is 0 Å². The number of halogens is 1. The summed E-state index contributed by atoms with van der Waals surface area (Å²) in [5, 5.41) is 7.46. The molecule has 0 aromatic heterocycles. The molecule has 0 spiro atoms. The fourth-order valence-corrected chi connectivity index (χ4v) is 4.27. The van der Waals surface area contributed by atoms with Crippen molar-refractivity contribution in [2.45, 2.75) is 38.6 Å². The number of fused-ring (bicyclic) bond motifs is 2. The monoisotopic (exact) mass is 349 g/mol. The van der Waals surface area contributed by atoms with E-state index in [1.807, 2.05) is 0 Å². The summed E-state index contributed by atoms with van der Waals surface area (Å²) >= 11 is 5.82. The number of amidine groups is 1. The summed E-state index contributed by atoms with van der Waals surface area (Å²) in [6.07, 6.45) is 5.26. The molecule has 24 heavy (non-hydrogen) atoms. The summed E-state index contributed by atoms with van der Waals surface area (Å²) in [5.74, 6) is 2.33. The maximum absolute atomic E-state index is 12.0. The molecule has 0 aliphatic heterocycles. The lowest BCUT2D eigenvalue weighted by molar-refractivity contribution is -0.126. The van der Waals surface area contributed by atoms with Crippen LogP contribution in [-0.4, -0.2) is 24.4 Å². The first-order valence-corrected chi connectivity index (χ1v) is 8.91. The van der Waals surface area contributed by atoms with E-state index < -0.39 is 0 Å². The Kier molecular flexibility index (Phi) is 5.29. The molecule has 5 nitrogen and oxygen atoms in total. The molecule has 2 aliphatic carbocycles. The van der Waals surface area contributed by atoms with Crippen molar-refractivity contribution in [2.75, 3.05) is 6.61 Å². The second-order valence-electron chi connectivity index (χ2n) is 6.95. The summed E-state index contributed by atoms with van der Waals surface area (Å²) in [6.45, 7) is 1.97. The first kappa shape index (κ1) is 17.1. The molecule has 4 atom stereocenters. The number of hydrogen-bond donors (Lipinski definition) is 2. The molecule has 3 rings (SSSR count). The minimum Gasteiger partial charge on any atom is -0.384 e. The second-order valence-corrected chi connectivity index (χ2v) is 7.39. The van der Waals surface area contributed by atoms with Gasteiger partial charge in [0.05, 0.1) is 0 Å². The van der Waals surface area contributed by atoms with Crippen LogP contribution >= 0.6 is 11.6 Å². The van der Waals surface area contributed by atoms with Gasteiger partial charge < -0.3 is 15.9 Å². The van der Waals surface area contributed by atoms with E-state index in [-0.39, 0.29) is 24.4 Å². The highest BCUT2D eigenvalue weighted by Gasteiger charge is 2.42. The Hall–Kier alpha value is -1.75. The number of hydrogen-bond acceptors (Lipinski definition) is 3. The van der Waals surface area contributed by atoms with Crippen LogP contribution in [0.2, 0.25) is 5.02 Å². The van der Waals surface area contributed by atoms with Crippen molar-refractivity contribution in [1.82, 2.24) is 5.32 Å². The highest BCUT2D eigenvalue weighted by atomic mass is 35.5. The quantitative estimate of drug-likeness (QED) is 0.471. The molecular weight excluding hydrogens is 326 g/mol. The fourth-order valence-electron chi connectivity index (χ4n) is 4.14. The Bertz CT molecular complexity index is 617. The van der Waals surface area contributed by atoms with Gasteiger partial charge >= 0.3 is 0 Å². The van der Waals surface area contributed by atoms with Crippen molar-refractivity contribution in [1.29, 1.82) is 0 Å². The van der Waals surface area contributed by atoms with Crippen LogP contribution in [0.5, 0.6) is 0 Å². The summed E-state index contributed by atoms with van der Waals surface area (Å²) in [5.41, 5.74) is 6.53. The topological polar surface area (TPSA) is 76.7 Å². The maximum Gasteiger partial charge on any atom is 0.260 e. The SMILES string of the molecule is C[C@H](NC(=O)CO/N=C(/N)c1ccc(Cl)cc1)[C@@H]1C[C@H]2CC[C@H]1C2. The van der Waals surface area contributed by atoms with Gasteiger partial charge in [0.15, 0.2) is 12.4 Å².